The molecule has 0 saturated heterocycles. The molecule has 0 spiro atoms. The molecule has 0 unspecified atom stereocenters. The van der Waals surface area contributed by atoms with Gasteiger partial charge in [0, 0.05) is 13.6 Å². The van der Waals surface area contributed by atoms with E-state index in [1.165, 1.54) is 34.3 Å². The van der Waals surface area contributed by atoms with Crippen LogP contribution in [0.4, 0.5) is 0 Å². The van der Waals surface area contributed by atoms with E-state index in [1.54, 1.807) is 7.05 Å². The van der Waals surface area contributed by atoms with Crippen molar-refractivity contribution >= 4 is 0 Å². The molecule has 0 N–H and O–H groups in total. The Bertz CT molecular complexity index is 917. The molecule has 1 fully saturated rings. The summed E-state index contributed by atoms with van der Waals surface area (Å²) in [5.74, 6) is 0.485. The van der Waals surface area contributed by atoms with Gasteiger partial charge in [-0.25, -0.2) is 0 Å². The van der Waals surface area contributed by atoms with Crippen LogP contribution in [-0.2, 0) is 12.8 Å². The van der Waals surface area contributed by atoms with Crippen molar-refractivity contribution in [2.45, 2.75) is 63.5 Å². The van der Waals surface area contributed by atoms with Crippen molar-refractivity contribution in [1.29, 1.82) is 0 Å². The minimum atomic E-state index is -0.352. The van der Waals surface area contributed by atoms with Gasteiger partial charge in [-0.2, -0.15) is 0 Å². The molecule has 2 aromatic rings. The molecule has 0 radical (unpaired) electrons. The Balaban J connectivity index is 0.00000481. The predicted molar refractivity (Wildman–Crippen MR) is 142 cm³/mol. The van der Waals surface area contributed by atoms with Crippen LogP contribution < -0.4 is 29.6 Å². The molecule has 0 aliphatic heterocycles. The Kier molecular flexibility index (Phi) is 14.4. The van der Waals surface area contributed by atoms with E-state index in [9.17, 15) is 14.7 Å². The molecule has 3 rings (SSSR count). The number of likely N-dealkylation sites (N-methyl/N-ethyl adjacent to an activating group) is 1. The Morgan fingerprint density at radius 1 is 0.757 bits per heavy atom. The first-order valence-electron chi connectivity index (χ1n) is 12.9. The number of nitrogens with zero attached hydrogens (tertiary/aromatic N) is 6. The van der Waals surface area contributed by atoms with Crippen molar-refractivity contribution in [1.82, 2.24) is 15.0 Å². The number of nitroso groups, excluding NO2 is 3. The minimum Gasteiger partial charge on any atom is -0.262 e. The van der Waals surface area contributed by atoms with Crippen LogP contribution in [0.5, 0.6) is 0 Å². The van der Waals surface area contributed by atoms with Gasteiger partial charge >= 0.3 is 29.6 Å². The van der Waals surface area contributed by atoms with Gasteiger partial charge in [0.15, 0.2) is 0 Å². The van der Waals surface area contributed by atoms with E-state index in [-0.39, 0.29) is 48.2 Å². The molecule has 0 aromatic heterocycles. The monoisotopic (exact) mass is 517 g/mol. The van der Waals surface area contributed by atoms with E-state index < -0.39 is 0 Å². The zero-order chi connectivity index (χ0) is 25.6. The van der Waals surface area contributed by atoms with Crippen molar-refractivity contribution in [2.75, 3.05) is 26.7 Å². The second-order valence-electron chi connectivity index (χ2n) is 9.84. The summed E-state index contributed by atoms with van der Waals surface area (Å²) in [5, 5.41) is 14.2. The molecule has 1 aliphatic rings. The zero-order valence-electron chi connectivity index (χ0n) is 22.2. The summed E-state index contributed by atoms with van der Waals surface area (Å²) in [7, 11) is 1.62. The molecule has 10 heteroatoms. The summed E-state index contributed by atoms with van der Waals surface area (Å²) in [4.78, 5) is 35.3. The molecule has 194 valence electrons. The van der Waals surface area contributed by atoms with E-state index in [2.05, 4.69) is 15.9 Å². The first-order chi connectivity index (χ1) is 17.6. The summed E-state index contributed by atoms with van der Waals surface area (Å²) in [6.45, 7) is 0.978. The van der Waals surface area contributed by atoms with Crippen LogP contribution in [0.2, 0.25) is 0 Å². The standard InChI is InChI=1S/C27H38N6O3.Na/c1-31(28-34)21-26(19-24-13-7-3-8-14-24)33(30-36)22-27(20-25-15-9-4-10-16-25)32(29-35)18-17-23-11-5-2-6-12-23;/h2,4-6,9-12,15-16,24,26-27H,3,7-8,13-14,17-22H2,1H3;/q;+1/t26-,27+;/m1./s1. The normalized spacial score (nSPS) is 15.1. The number of rotatable bonds is 16. The zero-order valence-corrected chi connectivity index (χ0v) is 24.2. The number of hydrogen-bond acceptors (Lipinski definition) is 6. The molecule has 1 aliphatic carbocycles. The summed E-state index contributed by atoms with van der Waals surface area (Å²) < 4.78 is 0. The fraction of sp³-hybridized carbons (Fsp3) is 0.556. The molecule has 0 heterocycles. The van der Waals surface area contributed by atoms with E-state index in [0.29, 0.717) is 31.8 Å². The topological polar surface area (TPSA) is 98.0 Å². The maximum atomic E-state index is 12.2. The maximum Gasteiger partial charge on any atom is 1.00 e. The van der Waals surface area contributed by atoms with Gasteiger partial charge in [-0.05, 0) is 36.3 Å². The predicted octanol–water partition coefficient (Wildman–Crippen LogP) is 2.76. The first kappa shape index (κ1) is 30.9. The van der Waals surface area contributed by atoms with E-state index in [4.69, 9.17) is 0 Å². The van der Waals surface area contributed by atoms with E-state index >= 15 is 0 Å². The van der Waals surface area contributed by atoms with E-state index in [1.807, 2.05) is 60.7 Å². The molecule has 37 heavy (non-hydrogen) atoms. The Morgan fingerprint density at radius 2 is 1.35 bits per heavy atom. The van der Waals surface area contributed by atoms with Gasteiger partial charge in [-0.1, -0.05) is 92.8 Å². The van der Waals surface area contributed by atoms with Gasteiger partial charge in [0.2, 0.25) is 0 Å². The van der Waals surface area contributed by atoms with Gasteiger partial charge in [0.1, 0.15) is 0 Å². The van der Waals surface area contributed by atoms with Crippen molar-refractivity contribution in [3.05, 3.63) is 86.5 Å². The van der Waals surface area contributed by atoms with Gasteiger partial charge in [-0.15, -0.1) is 14.7 Å². The van der Waals surface area contributed by atoms with Gasteiger partial charge < -0.3 is 0 Å². The fourth-order valence-corrected chi connectivity index (χ4v) is 5.23. The van der Waals surface area contributed by atoms with Crippen molar-refractivity contribution in [3.63, 3.8) is 0 Å². The average Bonchev–Trinajstić information content (AvgIpc) is 2.93. The summed E-state index contributed by atoms with van der Waals surface area (Å²) in [5.41, 5.74) is 2.17. The van der Waals surface area contributed by atoms with Gasteiger partial charge in [-0.3, -0.25) is 15.0 Å². The molecule has 2 atom stereocenters. The van der Waals surface area contributed by atoms with E-state index in [0.717, 1.165) is 30.4 Å². The van der Waals surface area contributed by atoms with Crippen molar-refractivity contribution < 1.29 is 29.6 Å². The van der Waals surface area contributed by atoms with Gasteiger partial charge in [0.05, 0.1) is 41.0 Å². The summed E-state index contributed by atoms with van der Waals surface area (Å²) >= 11 is 0. The summed E-state index contributed by atoms with van der Waals surface area (Å²) in [6.07, 6.45) is 7.83. The van der Waals surface area contributed by atoms with Crippen molar-refractivity contribution in [3.8, 4) is 0 Å². The largest absolute Gasteiger partial charge is 1.00 e. The Hall–Kier alpha value is -2.36. The van der Waals surface area contributed by atoms with Crippen LogP contribution in [0.15, 0.2) is 76.5 Å². The minimum absolute atomic E-state index is 0. The second kappa shape index (κ2) is 17.2. The third-order valence-electron chi connectivity index (χ3n) is 7.18. The molecule has 0 bridgehead atoms. The number of benzene rings is 2. The molecule has 0 amide bonds. The van der Waals surface area contributed by atoms with Crippen LogP contribution in [0, 0.1) is 20.6 Å². The van der Waals surface area contributed by atoms with Crippen LogP contribution in [-0.4, -0.2) is 53.8 Å². The molecular weight excluding hydrogens is 479 g/mol. The third-order valence-corrected chi connectivity index (χ3v) is 7.18. The number of hydrogen-bond donors (Lipinski definition) is 0. The first-order valence-corrected chi connectivity index (χ1v) is 12.9. The molecule has 1 saturated carbocycles. The Morgan fingerprint density at radius 3 is 1.92 bits per heavy atom. The smallest absolute Gasteiger partial charge is 0.262 e. The fourth-order valence-electron chi connectivity index (χ4n) is 5.23. The van der Waals surface area contributed by atoms with Crippen LogP contribution in [0.1, 0.15) is 49.7 Å². The van der Waals surface area contributed by atoms with Crippen molar-refractivity contribution in [2.24, 2.45) is 21.8 Å². The maximum absolute atomic E-state index is 12.2. The molecule has 2 aromatic carbocycles. The third kappa shape index (κ3) is 10.5. The van der Waals surface area contributed by atoms with Crippen LogP contribution in [0.3, 0.4) is 0 Å². The Labute approximate surface area is 242 Å². The molecular formula is C27H38N6NaO3+. The van der Waals surface area contributed by atoms with Crippen LogP contribution in [0.25, 0.3) is 0 Å². The average molecular weight is 518 g/mol. The second-order valence-corrected chi connectivity index (χ2v) is 9.84. The quantitative estimate of drug-likeness (QED) is 0.193. The molecule has 9 nitrogen and oxygen atoms in total. The summed E-state index contributed by atoms with van der Waals surface area (Å²) in [6, 6.07) is 19.2. The van der Waals surface area contributed by atoms with Crippen LogP contribution >= 0.6 is 0 Å². The SMILES string of the molecule is CN(C[C@@H](CC1CCCCC1)N(C[C@H](Cc1ccccc1)N(CCc1ccccc1)N=O)N=O)N=O.[Na+]. The van der Waals surface area contributed by atoms with Gasteiger partial charge in [0.25, 0.3) is 0 Å².